The van der Waals surface area contributed by atoms with Crippen molar-refractivity contribution in [2.45, 2.75) is 18.8 Å². The van der Waals surface area contributed by atoms with Crippen LogP contribution in [-0.4, -0.2) is 21.2 Å². The Hall–Kier alpha value is -1.91. The van der Waals surface area contributed by atoms with E-state index in [1.54, 1.807) is 0 Å². The molecule has 1 aliphatic rings. The third-order valence-electron chi connectivity index (χ3n) is 2.60. The van der Waals surface area contributed by atoms with Gasteiger partial charge in [-0.05, 0) is 18.9 Å². The van der Waals surface area contributed by atoms with Crippen molar-refractivity contribution in [2.24, 2.45) is 0 Å². The summed E-state index contributed by atoms with van der Waals surface area (Å²) >= 11 is 0. The highest BCUT2D eigenvalue weighted by atomic mass is 16.5. The van der Waals surface area contributed by atoms with Crippen LogP contribution in [0.2, 0.25) is 0 Å². The van der Waals surface area contributed by atoms with E-state index < -0.39 is 5.97 Å². The molecule has 5 heteroatoms. The smallest absolute Gasteiger partial charge is 0.336 e. The van der Waals surface area contributed by atoms with Crippen molar-refractivity contribution in [2.75, 3.05) is 0 Å². The molecule has 1 saturated carbocycles. The van der Waals surface area contributed by atoms with Crippen LogP contribution in [0.25, 0.3) is 11.1 Å². The topological polar surface area (TPSA) is 76.2 Å². The summed E-state index contributed by atoms with van der Waals surface area (Å²) in [5.74, 6) is -0.610. The first-order valence-corrected chi connectivity index (χ1v) is 4.75. The van der Waals surface area contributed by atoms with E-state index in [9.17, 15) is 4.79 Å². The molecule has 0 aliphatic heterocycles. The zero-order valence-corrected chi connectivity index (χ0v) is 7.80. The Balaban J connectivity index is 2.33. The lowest BCUT2D eigenvalue weighted by Gasteiger charge is -1.96. The van der Waals surface area contributed by atoms with E-state index in [1.165, 1.54) is 12.3 Å². The number of rotatable bonds is 2. The minimum atomic E-state index is -0.965. The van der Waals surface area contributed by atoms with Crippen molar-refractivity contribution in [1.29, 1.82) is 0 Å². The van der Waals surface area contributed by atoms with Gasteiger partial charge in [-0.2, -0.15) is 0 Å². The van der Waals surface area contributed by atoms with Gasteiger partial charge < -0.3 is 9.63 Å². The molecular formula is C10H8N2O3. The van der Waals surface area contributed by atoms with Gasteiger partial charge in [0, 0.05) is 12.1 Å². The van der Waals surface area contributed by atoms with Gasteiger partial charge in [0.15, 0.2) is 0 Å². The summed E-state index contributed by atoms with van der Waals surface area (Å²) in [5.41, 5.74) is 1.29. The Kier molecular flexibility index (Phi) is 1.56. The van der Waals surface area contributed by atoms with Crippen molar-refractivity contribution < 1.29 is 14.4 Å². The third-order valence-corrected chi connectivity index (χ3v) is 2.60. The van der Waals surface area contributed by atoms with Gasteiger partial charge in [-0.3, -0.25) is 0 Å². The maximum Gasteiger partial charge on any atom is 0.336 e. The van der Waals surface area contributed by atoms with Crippen LogP contribution in [-0.2, 0) is 0 Å². The van der Waals surface area contributed by atoms with Crippen molar-refractivity contribution in [1.82, 2.24) is 10.1 Å². The molecule has 0 radical (unpaired) electrons. The second kappa shape index (κ2) is 2.79. The summed E-state index contributed by atoms with van der Waals surface area (Å²) in [6, 6.07) is 1.48. The molecule has 1 fully saturated rings. The molecule has 0 unspecified atom stereocenters. The average molecular weight is 204 g/mol. The Morgan fingerprint density at radius 3 is 3.00 bits per heavy atom. The summed E-state index contributed by atoms with van der Waals surface area (Å²) in [6.07, 6.45) is 3.53. The first kappa shape index (κ1) is 8.40. The number of aromatic nitrogens is 2. The van der Waals surface area contributed by atoms with Crippen LogP contribution < -0.4 is 0 Å². The number of aromatic carboxylic acids is 1. The molecule has 5 nitrogen and oxygen atoms in total. The number of fused-ring (bicyclic) bond motifs is 1. The predicted molar refractivity (Wildman–Crippen MR) is 50.7 cm³/mol. The van der Waals surface area contributed by atoms with E-state index in [0.717, 1.165) is 18.5 Å². The minimum absolute atomic E-state index is 0.225. The lowest BCUT2D eigenvalue weighted by molar-refractivity contribution is 0.0699. The number of pyridine rings is 1. The summed E-state index contributed by atoms with van der Waals surface area (Å²) in [7, 11) is 0. The first-order valence-electron chi connectivity index (χ1n) is 4.75. The van der Waals surface area contributed by atoms with Crippen molar-refractivity contribution in [3.05, 3.63) is 23.5 Å². The highest BCUT2D eigenvalue weighted by molar-refractivity contribution is 6.02. The second-order valence-electron chi connectivity index (χ2n) is 3.69. The Labute approximate surface area is 84.7 Å². The van der Waals surface area contributed by atoms with E-state index in [0.29, 0.717) is 17.0 Å². The molecule has 15 heavy (non-hydrogen) atoms. The molecular weight excluding hydrogens is 196 g/mol. The van der Waals surface area contributed by atoms with Gasteiger partial charge in [-0.1, -0.05) is 5.16 Å². The van der Waals surface area contributed by atoms with Gasteiger partial charge in [0.05, 0.1) is 16.6 Å². The predicted octanol–water partition coefficient (Wildman–Crippen LogP) is 1.80. The number of carbonyl (C=O) groups is 1. The number of hydrogen-bond donors (Lipinski definition) is 1. The SMILES string of the molecule is O=C(O)c1ccnc2onc(C3CC3)c12. The number of hydrogen-bond acceptors (Lipinski definition) is 4. The lowest BCUT2D eigenvalue weighted by atomic mass is 10.1. The van der Waals surface area contributed by atoms with Crippen LogP contribution >= 0.6 is 0 Å². The molecule has 2 heterocycles. The fourth-order valence-corrected chi connectivity index (χ4v) is 1.71. The molecule has 0 aromatic carbocycles. The Morgan fingerprint density at radius 2 is 2.33 bits per heavy atom. The highest BCUT2D eigenvalue weighted by Crippen LogP contribution is 2.42. The van der Waals surface area contributed by atoms with E-state index in [2.05, 4.69) is 10.1 Å². The van der Waals surface area contributed by atoms with E-state index in [1.807, 2.05) is 0 Å². The molecule has 3 rings (SSSR count). The van der Waals surface area contributed by atoms with Crippen LogP contribution in [0.4, 0.5) is 0 Å². The van der Waals surface area contributed by atoms with Crippen molar-refractivity contribution in [3.63, 3.8) is 0 Å². The third kappa shape index (κ3) is 1.20. The largest absolute Gasteiger partial charge is 0.478 e. The maximum absolute atomic E-state index is 11.0. The minimum Gasteiger partial charge on any atom is -0.478 e. The van der Waals surface area contributed by atoms with Crippen LogP contribution in [0.15, 0.2) is 16.8 Å². The van der Waals surface area contributed by atoms with Crippen molar-refractivity contribution in [3.8, 4) is 0 Å². The first-order chi connectivity index (χ1) is 7.27. The van der Waals surface area contributed by atoms with Crippen LogP contribution in [0.5, 0.6) is 0 Å². The fourth-order valence-electron chi connectivity index (χ4n) is 1.71. The molecule has 0 spiro atoms. The number of carboxylic acids is 1. The van der Waals surface area contributed by atoms with Gasteiger partial charge in [0.1, 0.15) is 0 Å². The number of carboxylic acid groups (broad SMARTS) is 1. The summed E-state index contributed by atoms with van der Waals surface area (Å²) < 4.78 is 5.02. The quantitative estimate of drug-likeness (QED) is 0.807. The van der Waals surface area contributed by atoms with Gasteiger partial charge in [-0.15, -0.1) is 0 Å². The normalized spacial score (nSPS) is 15.7. The Bertz CT molecular complexity index is 543. The molecule has 0 atom stereocenters. The molecule has 0 bridgehead atoms. The van der Waals surface area contributed by atoms with E-state index in [4.69, 9.17) is 9.63 Å². The molecule has 1 aliphatic carbocycles. The molecule has 0 amide bonds. The highest BCUT2D eigenvalue weighted by Gasteiger charge is 2.31. The summed E-state index contributed by atoms with van der Waals surface area (Å²) in [5, 5.41) is 13.5. The van der Waals surface area contributed by atoms with Crippen molar-refractivity contribution >= 4 is 17.1 Å². The fraction of sp³-hybridized carbons (Fsp3) is 0.300. The van der Waals surface area contributed by atoms with E-state index >= 15 is 0 Å². The lowest BCUT2D eigenvalue weighted by Crippen LogP contribution is -1.98. The number of nitrogens with zero attached hydrogens (tertiary/aromatic N) is 2. The summed E-state index contributed by atoms with van der Waals surface area (Å²) in [6.45, 7) is 0. The average Bonchev–Trinajstić information content (AvgIpc) is 2.97. The Morgan fingerprint density at radius 1 is 1.53 bits per heavy atom. The van der Waals surface area contributed by atoms with Gasteiger partial charge in [0.25, 0.3) is 5.71 Å². The van der Waals surface area contributed by atoms with E-state index in [-0.39, 0.29) is 5.56 Å². The summed E-state index contributed by atoms with van der Waals surface area (Å²) in [4.78, 5) is 15.0. The standard InChI is InChI=1S/C10H8N2O3/c13-10(14)6-3-4-11-9-7(6)8(12-15-9)5-1-2-5/h3-5H,1-2H2,(H,13,14). The molecule has 0 saturated heterocycles. The molecule has 2 aromatic heterocycles. The maximum atomic E-state index is 11.0. The molecule has 76 valence electrons. The monoisotopic (exact) mass is 204 g/mol. The molecule has 2 aromatic rings. The second-order valence-corrected chi connectivity index (χ2v) is 3.69. The van der Waals surface area contributed by atoms with Gasteiger partial charge in [0.2, 0.25) is 0 Å². The van der Waals surface area contributed by atoms with Crippen LogP contribution in [0, 0.1) is 0 Å². The van der Waals surface area contributed by atoms with Crippen LogP contribution in [0.1, 0.15) is 34.8 Å². The zero-order chi connectivity index (χ0) is 10.4. The van der Waals surface area contributed by atoms with Gasteiger partial charge >= 0.3 is 5.97 Å². The molecule has 1 N–H and O–H groups in total. The van der Waals surface area contributed by atoms with Crippen LogP contribution in [0.3, 0.4) is 0 Å². The zero-order valence-electron chi connectivity index (χ0n) is 7.80. The van der Waals surface area contributed by atoms with Gasteiger partial charge in [-0.25, -0.2) is 9.78 Å².